The third-order valence-corrected chi connectivity index (χ3v) is 5.86. The average molecular weight is 425 g/mol. The SMILES string of the molecule is C=CC[C@@H]1CC(C)=C[C@@H](CC=C)N1C(=O)c1cc(COc2ccccc2SC)on1. The van der Waals surface area contributed by atoms with E-state index in [0.717, 1.165) is 23.5 Å². The second-order valence-electron chi connectivity index (χ2n) is 7.32. The first-order valence-electron chi connectivity index (χ1n) is 10.0. The van der Waals surface area contributed by atoms with Crippen molar-refractivity contribution in [1.82, 2.24) is 10.1 Å². The summed E-state index contributed by atoms with van der Waals surface area (Å²) >= 11 is 1.62. The maximum atomic E-state index is 13.3. The highest BCUT2D eigenvalue weighted by Gasteiger charge is 2.34. The summed E-state index contributed by atoms with van der Waals surface area (Å²) in [5.41, 5.74) is 1.57. The summed E-state index contributed by atoms with van der Waals surface area (Å²) in [5, 5.41) is 4.03. The molecular formula is C24H28N2O3S. The number of para-hydroxylation sites is 1. The molecule has 1 aromatic heterocycles. The van der Waals surface area contributed by atoms with E-state index in [0.29, 0.717) is 17.9 Å². The Hall–Kier alpha value is -2.73. The number of carbonyl (C=O) groups excluding carboxylic acids is 1. The molecule has 1 aliphatic rings. The fourth-order valence-corrected chi connectivity index (χ4v) is 4.32. The average Bonchev–Trinajstić information content (AvgIpc) is 3.21. The molecule has 1 aliphatic heterocycles. The summed E-state index contributed by atoms with van der Waals surface area (Å²) in [7, 11) is 0. The van der Waals surface area contributed by atoms with Gasteiger partial charge in [-0.15, -0.1) is 24.9 Å². The molecule has 30 heavy (non-hydrogen) atoms. The van der Waals surface area contributed by atoms with Crippen molar-refractivity contribution in [3.05, 3.63) is 78.7 Å². The van der Waals surface area contributed by atoms with Crippen LogP contribution in [0.4, 0.5) is 0 Å². The molecular weight excluding hydrogens is 396 g/mol. The second kappa shape index (κ2) is 10.3. The molecule has 2 atom stereocenters. The third kappa shape index (κ3) is 5.05. The topological polar surface area (TPSA) is 55.6 Å². The second-order valence-corrected chi connectivity index (χ2v) is 8.17. The Morgan fingerprint density at radius 3 is 2.83 bits per heavy atom. The lowest BCUT2D eigenvalue weighted by atomic mass is 9.92. The molecule has 0 spiro atoms. The van der Waals surface area contributed by atoms with Crippen LogP contribution in [-0.2, 0) is 6.61 Å². The van der Waals surface area contributed by atoms with Gasteiger partial charge in [-0.25, -0.2) is 0 Å². The van der Waals surface area contributed by atoms with Gasteiger partial charge in [-0.05, 0) is 44.6 Å². The van der Waals surface area contributed by atoms with Crippen LogP contribution in [0, 0.1) is 0 Å². The smallest absolute Gasteiger partial charge is 0.276 e. The number of nitrogens with zero attached hydrogens (tertiary/aromatic N) is 2. The summed E-state index contributed by atoms with van der Waals surface area (Å²) in [6.45, 7) is 10.0. The summed E-state index contributed by atoms with van der Waals surface area (Å²) < 4.78 is 11.3. The molecule has 3 rings (SSSR count). The zero-order valence-corrected chi connectivity index (χ0v) is 18.4. The van der Waals surface area contributed by atoms with E-state index >= 15 is 0 Å². The maximum absolute atomic E-state index is 13.3. The Kier molecular flexibility index (Phi) is 7.57. The molecule has 0 aliphatic carbocycles. The van der Waals surface area contributed by atoms with E-state index in [4.69, 9.17) is 9.26 Å². The number of aromatic nitrogens is 1. The molecule has 0 saturated carbocycles. The number of thioether (sulfide) groups is 1. The van der Waals surface area contributed by atoms with E-state index in [1.54, 1.807) is 17.8 Å². The summed E-state index contributed by atoms with van der Waals surface area (Å²) in [6.07, 6.45) is 10.1. The Bertz CT molecular complexity index is 934. The van der Waals surface area contributed by atoms with Crippen LogP contribution in [0.15, 0.2) is 76.7 Å². The minimum absolute atomic E-state index is 0.0430. The normalized spacial score (nSPS) is 18.6. The van der Waals surface area contributed by atoms with Crippen molar-refractivity contribution in [2.75, 3.05) is 6.26 Å². The van der Waals surface area contributed by atoms with Gasteiger partial charge in [0.15, 0.2) is 11.5 Å². The van der Waals surface area contributed by atoms with E-state index in [-0.39, 0.29) is 24.6 Å². The van der Waals surface area contributed by atoms with Crippen LogP contribution < -0.4 is 4.74 Å². The Labute approximate surface area is 182 Å². The monoisotopic (exact) mass is 424 g/mol. The van der Waals surface area contributed by atoms with Crippen LogP contribution in [0.2, 0.25) is 0 Å². The first-order chi connectivity index (χ1) is 14.6. The zero-order valence-electron chi connectivity index (χ0n) is 17.5. The molecule has 1 aromatic carbocycles. The first kappa shape index (κ1) is 22.0. The number of benzene rings is 1. The van der Waals surface area contributed by atoms with Gasteiger partial charge < -0.3 is 14.2 Å². The van der Waals surface area contributed by atoms with Gasteiger partial charge in [0.25, 0.3) is 5.91 Å². The van der Waals surface area contributed by atoms with E-state index < -0.39 is 0 Å². The Morgan fingerprint density at radius 2 is 2.10 bits per heavy atom. The lowest BCUT2D eigenvalue weighted by Gasteiger charge is -2.40. The summed E-state index contributed by atoms with van der Waals surface area (Å²) in [4.78, 5) is 16.3. The number of hydrogen-bond donors (Lipinski definition) is 0. The molecule has 5 nitrogen and oxygen atoms in total. The Balaban J connectivity index is 1.76. The van der Waals surface area contributed by atoms with Gasteiger partial charge in [-0.2, -0.15) is 0 Å². The van der Waals surface area contributed by atoms with E-state index in [2.05, 4.69) is 31.3 Å². The number of rotatable bonds is 9. The van der Waals surface area contributed by atoms with Crippen LogP contribution in [0.25, 0.3) is 0 Å². The molecule has 0 unspecified atom stereocenters. The van der Waals surface area contributed by atoms with Crippen molar-refractivity contribution < 1.29 is 14.1 Å². The quantitative estimate of drug-likeness (QED) is 0.384. The van der Waals surface area contributed by atoms with Crippen molar-refractivity contribution in [1.29, 1.82) is 0 Å². The summed E-state index contributed by atoms with van der Waals surface area (Å²) in [6, 6.07) is 9.49. The molecule has 0 N–H and O–H groups in total. The molecule has 0 bridgehead atoms. The van der Waals surface area contributed by atoms with Crippen molar-refractivity contribution in [3.8, 4) is 5.75 Å². The fraction of sp³-hybridized carbons (Fsp3) is 0.333. The zero-order chi connectivity index (χ0) is 21.5. The van der Waals surface area contributed by atoms with E-state index in [1.165, 1.54) is 5.57 Å². The first-order valence-corrected chi connectivity index (χ1v) is 11.2. The molecule has 0 fully saturated rings. The molecule has 2 aromatic rings. The fourth-order valence-electron chi connectivity index (χ4n) is 3.78. The van der Waals surface area contributed by atoms with E-state index in [1.807, 2.05) is 47.6 Å². The number of hydrogen-bond acceptors (Lipinski definition) is 5. The molecule has 1 amide bonds. The molecule has 0 radical (unpaired) electrons. The summed E-state index contributed by atoms with van der Waals surface area (Å²) in [5.74, 6) is 1.15. The molecule has 6 heteroatoms. The standard InChI is InChI=1S/C24H28N2O3S/c1-5-9-18-13-17(3)14-19(10-6-2)26(18)24(27)21-15-20(29-25-21)16-28-22-11-7-8-12-23(22)30-4/h5-8,11-13,15,18-19H,1-2,9-10,14,16H2,3-4H3/t18-,19-/m1/s1. The number of carbonyl (C=O) groups is 1. The van der Waals surface area contributed by atoms with Gasteiger partial charge in [0.05, 0.1) is 6.04 Å². The van der Waals surface area contributed by atoms with Crippen molar-refractivity contribution in [3.63, 3.8) is 0 Å². The van der Waals surface area contributed by atoms with Crippen LogP contribution in [0.1, 0.15) is 42.4 Å². The molecule has 2 heterocycles. The molecule has 158 valence electrons. The van der Waals surface area contributed by atoms with Crippen LogP contribution in [-0.4, -0.2) is 34.3 Å². The highest BCUT2D eigenvalue weighted by atomic mass is 32.2. The van der Waals surface area contributed by atoms with Crippen molar-refractivity contribution in [2.45, 2.75) is 49.8 Å². The lowest BCUT2D eigenvalue weighted by Crippen LogP contribution is -2.48. The van der Waals surface area contributed by atoms with Gasteiger partial charge >= 0.3 is 0 Å². The predicted molar refractivity (Wildman–Crippen MR) is 121 cm³/mol. The predicted octanol–water partition coefficient (Wildman–Crippen LogP) is 5.66. The van der Waals surface area contributed by atoms with Gasteiger partial charge in [-0.1, -0.05) is 41.1 Å². The van der Waals surface area contributed by atoms with Crippen molar-refractivity contribution >= 4 is 17.7 Å². The largest absolute Gasteiger partial charge is 0.484 e. The van der Waals surface area contributed by atoms with E-state index in [9.17, 15) is 4.79 Å². The Morgan fingerprint density at radius 1 is 1.33 bits per heavy atom. The third-order valence-electron chi connectivity index (χ3n) is 5.08. The lowest BCUT2D eigenvalue weighted by molar-refractivity contribution is 0.0590. The number of amides is 1. The minimum atomic E-state index is -0.142. The van der Waals surface area contributed by atoms with Gasteiger partial charge in [0.1, 0.15) is 12.4 Å². The maximum Gasteiger partial charge on any atom is 0.276 e. The molecule has 0 saturated heterocycles. The highest BCUT2D eigenvalue weighted by molar-refractivity contribution is 7.98. The van der Waals surface area contributed by atoms with Gasteiger partial charge in [0, 0.05) is 17.0 Å². The number of ether oxygens (including phenoxy) is 1. The van der Waals surface area contributed by atoms with Crippen molar-refractivity contribution in [2.24, 2.45) is 0 Å². The van der Waals surface area contributed by atoms with Gasteiger partial charge in [-0.3, -0.25) is 4.79 Å². The van der Waals surface area contributed by atoms with Gasteiger partial charge in [0.2, 0.25) is 0 Å². The highest BCUT2D eigenvalue weighted by Crippen LogP contribution is 2.30. The van der Waals surface area contributed by atoms with Crippen LogP contribution >= 0.6 is 11.8 Å². The minimum Gasteiger partial charge on any atom is -0.484 e. The van der Waals surface area contributed by atoms with Crippen LogP contribution in [0.5, 0.6) is 5.75 Å². The van der Waals surface area contributed by atoms with Crippen LogP contribution in [0.3, 0.4) is 0 Å².